The Labute approximate surface area is 157 Å². The minimum Gasteiger partial charge on any atom is -0.460 e. The smallest absolute Gasteiger partial charge is 0.316 e. The van der Waals surface area contributed by atoms with Gasteiger partial charge in [-0.15, -0.1) is 5.10 Å². The summed E-state index contributed by atoms with van der Waals surface area (Å²) in [5.41, 5.74) is 5.07. The molecule has 26 heavy (non-hydrogen) atoms. The average molecular weight is 373 g/mol. The van der Waals surface area contributed by atoms with E-state index >= 15 is 0 Å². The number of aromatic nitrogens is 3. The molecule has 0 radical (unpaired) electrons. The van der Waals surface area contributed by atoms with E-state index in [0.717, 1.165) is 18.4 Å². The number of benzene rings is 1. The van der Waals surface area contributed by atoms with Gasteiger partial charge in [0.2, 0.25) is 11.1 Å². The van der Waals surface area contributed by atoms with Gasteiger partial charge in [-0.05, 0) is 31.2 Å². The highest BCUT2D eigenvalue weighted by Gasteiger charge is 2.10. The van der Waals surface area contributed by atoms with Crippen LogP contribution in [-0.2, 0) is 16.1 Å². The Morgan fingerprint density at radius 1 is 1.19 bits per heavy atom. The Morgan fingerprint density at radius 2 is 1.96 bits per heavy atom. The highest BCUT2D eigenvalue weighted by molar-refractivity contribution is 7.99. The SMILES string of the molecule is O=C(CSc1n[nH]c(NN=C2CCCCCC2)n1)OCc1ccccc1. The van der Waals surface area contributed by atoms with Crippen molar-refractivity contribution in [3.05, 3.63) is 35.9 Å². The molecule has 1 aliphatic rings. The summed E-state index contributed by atoms with van der Waals surface area (Å²) in [5, 5.41) is 11.8. The first-order valence-corrected chi connectivity index (χ1v) is 9.84. The van der Waals surface area contributed by atoms with Crippen molar-refractivity contribution in [2.75, 3.05) is 11.2 Å². The Morgan fingerprint density at radius 3 is 2.73 bits per heavy atom. The van der Waals surface area contributed by atoms with Gasteiger partial charge in [0.1, 0.15) is 6.61 Å². The van der Waals surface area contributed by atoms with Gasteiger partial charge in [0.15, 0.2) is 0 Å². The van der Waals surface area contributed by atoms with Crippen molar-refractivity contribution in [3.63, 3.8) is 0 Å². The molecule has 138 valence electrons. The van der Waals surface area contributed by atoms with E-state index in [2.05, 4.69) is 25.7 Å². The van der Waals surface area contributed by atoms with Crippen molar-refractivity contribution in [2.45, 2.75) is 50.3 Å². The van der Waals surface area contributed by atoms with Crippen molar-refractivity contribution in [1.82, 2.24) is 15.2 Å². The molecule has 1 saturated carbocycles. The summed E-state index contributed by atoms with van der Waals surface area (Å²) in [7, 11) is 0. The first kappa shape index (κ1) is 18.4. The maximum atomic E-state index is 11.8. The molecule has 2 N–H and O–H groups in total. The molecule has 8 heteroatoms. The molecule has 1 heterocycles. The number of H-pyrrole nitrogens is 1. The standard InChI is InChI=1S/C18H23N5O2S/c24-16(25-12-14-8-4-3-5-9-14)13-26-18-19-17(22-23-18)21-20-15-10-6-1-2-7-11-15/h3-5,8-9H,1-2,6-7,10-13H2,(H2,19,21,22,23). The molecular formula is C18H23N5O2S. The summed E-state index contributed by atoms with van der Waals surface area (Å²) >= 11 is 1.23. The fourth-order valence-electron chi connectivity index (χ4n) is 2.64. The molecule has 3 rings (SSSR count). The van der Waals surface area contributed by atoms with Gasteiger partial charge < -0.3 is 4.74 Å². The second-order valence-electron chi connectivity index (χ2n) is 6.11. The quantitative estimate of drug-likeness (QED) is 0.332. The van der Waals surface area contributed by atoms with Gasteiger partial charge in [0.05, 0.1) is 5.75 Å². The summed E-state index contributed by atoms with van der Waals surface area (Å²) in [6, 6.07) is 9.60. The van der Waals surface area contributed by atoms with Gasteiger partial charge >= 0.3 is 5.97 Å². The maximum Gasteiger partial charge on any atom is 0.316 e. The topological polar surface area (TPSA) is 92.3 Å². The third-order valence-corrected chi connectivity index (χ3v) is 4.85. The van der Waals surface area contributed by atoms with E-state index < -0.39 is 0 Å². The molecular weight excluding hydrogens is 350 g/mol. The van der Waals surface area contributed by atoms with Crippen LogP contribution >= 0.6 is 11.8 Å². The first-order chi connectivity index (χ1) is 12.8. The van der Waals surface area contributed by atoms with Crippen LogP contribution in [0.5, 0.6) is 0 Å². The number of carbonyl (C=O) groups is 1. The summed E-state index contributed by atoms with van der Waals surface area (Å²) in [6.45, 7) is 0.276. The number of thioether (sulfide) groups is 1. The second kappa shape index (κ2) is 9.96. The lowest BCUT2D eigenvalue weighted by Crippen LogP contribution is -2.07. The van der Waals surface area contributed by atoms with Crippen LogP contribution in [0.1, 0.15) is 44.1 Å². The van der Waals surface area contributed by atoms with E-state index in [1.807, 2.05) is 30.3 Å². The van der Waals surface area contributed by atoms with E-state index in [1.54, 1.807) is 0 Å². The number of rotatable bonds is 7. The van der Waals surface area contributed by atoms with Gasteiger partial charge in [-0.25, -0.2) is 10.5 Å². The van der Waals surface area contributed by atoms with Crippen molar-refractivity contribution in [3.8, 4) is 0 Å². The fourth-order valence-corrected chi connectivity index (χ4v) is 3.24. The Kier molecular flexibility index (Phi) is 7.06. The summed E-state index contributed by atoms with van der Waals surface area (Å²) < 4.78 is 5.23. The predicted molar refractivity (Wildman–Crippen MR) is 102 cm³/mol. The van der Waals surface area contributed by atoms with Crippen LogP contribution in [0, 0.1) is 0 Å². The van der Waals surface area contributed by atoms with Crippen LogP contribution in [0.4, 0.5) is 5.95 Å². The van der Waals surface area contributed by atoms with Crippen molar-refractivity contribution in [1.29, 1.82) is 0 Å². The van der Waals surface area contributed by atoms with E-state index in [-0.39, 0.29) is 18.3 Å². The summed E-state index contributed by atoms with van der Waals surface area (Å²) in [6.07, 6.45) is 7.03. The largest absolute Gasteiger partial charge is 0.460 e. The molecule has 1 aromatic heterocycles. The molecule has 0 bridgehead atoms. The number of ether oxygens (including phenoxy) is 1. The van der Waals surface area contributed by atoms with Crippen molar-refractivity contribution >= 4 is 29.4 Å². The van der Waals surface area contributed by atoms with Gasteiger partial charge in [0.25, 0.3) is 0 Å². The van der Waals surface area contributed by atoms with Crippen LogP contribution in [0.2, 0.25) is 0 Å². The highest BCUT2D eigenvalue weighted by Crippen LogP contribution is 2.17. The van der Waals surface area contributed by atoms with Crippen molar-refractivity contribution < 1.29 is 9.53 Å². The number of hydrazone groups is 1. The number of nitrogens with one attached hydrogen (secondary N) is 2. The maximum absolute atomic E-state index is 11.8. The normalized spacial score (nSPS) is 14.5. The number of aromatic amines is 1. The molecule has 0 saturated heterocycles. The van der Waals surface area contributed by atoms with E-state index in [1.165, 1.54) is 43.2 Å². The zero-order valence-electron chi connectivity index (χ0n) is 14.6. The zero-order valence-corrected chi connectivity index (χ0v) is 15.4. The van der Waals surface area contributed by atoms with Crippen LogP contribution < -0.4 is 5.43 Å². The van der Waals surface area contributed by atoms with Crippen LogP contribution in [0.15, 0.2) is 40.6 Å². The molecule has 1 aliphatic carbocycles. The summed E-state index contributed by atoms with van der Waals surface area (Å²) in [5.74, 6) is 0.359. The highest BCUT2D eigenvalue weighted by atomic mass is 32.2. The van der Waals surface area contributed by atoms with Gasteiger partial charge in [0, 0.05) is 5.71 Å². The number of esters is 1. The molecule has 1 aromatic carbocycles. The molecule has 0 aliphatic heterocycles. The summed E-state index contributed by atoms with van der Waals surface area (Å²) in [4.78, 5) is 16.1. The lowest BCUT2D eigenvalue weighted by Gasteiger charge is -2.03. The van der Waals surface area contributed by atoms with Crippen LogP contribution in [0.3, 0.4) is 0 Å². The number of nitrogens with zero attached hydrogens (tertiary/aromatic N) is 3. The van der Waals surface area contributed by atoms with E-state index in [4.69, 9.17) is 4.74 Å². The predicted octanol–water partition coefficient (Wildman–Crippen LogP) is 3.76. The number of hydrogen-bond acceptors (Lipinski definition) is 7. The number of hydrogen-bond donors (Lipinski definition) is 2. The monoisotopic (exact) mass is 373 g/mol. The average Bonchev–Trinajstić information content (AvgIpc) is 2.97. The molecule has 0 spiro atoms. The molecule has 0 unspecified atom stereocenters. The molecule has 0 amide bonds. The molecule has 7 nitrogen and oxygen atoms in total. The lowest BCUT2D eigenvalue weighted by atomic mass is 10.2. The van der Waals surface area contributed by atoms with E-state index in [9.17, 15) is 4.79 Å². The van der Waals surface area contributed by atoms with Gasteiger partial charge in [-0.2, -0.15) is 10.1 Å². The van der Waals surface area contributed by atoms with Gasteiger partial charge in [-0.3, -0.25) is 4.79 Å². The van der Waals surface area contributed by atoms with Crippen molar-refractivity contribution in [2.24, 2.45) is 5.10 Å². The molecule has 0 atom stereocenters. The Balaban J connectivity index is 1.40. The number of carbonyl (C=O) groups excluding carboxylic acids is 1. The minimum atomic E-state index is -0.295. The third-order valence-electron chi connectivity index (χ3n) is 4.03. The first-order valence-electron chi connectivity index (χ1n) is 8.86. The van der Waals surface area contributed by atoms with Crippen LogP contribution in [0.25, 0.3) is 0 Å². The van der Waals surface area contributed by atoms with Crippen LogP contribution in [-0.4, -0.2) is 32.6 Å². The zero-order chi connectivity index (χ0) is 18.0. The Hall–Kier alpha value is -2.35. The number of anilines is 1. The fraction of sp³-hybridized carbons (Fsp3) is 0.444. The molecule has 2 aromatic rings. The second-order valence-corrected chi connectivity index (χ2v) is 7.05. The van der Waals surface area contributed by atoms with Gasteiger partial charge in [-0.1, -0.05) is 54.9 Å². The third kappa shape index (κ3) is 6.18. The Bertz CT molecular complexity index is 722. The molecule has 1 fully saturated rings. The minimum absolute atomic E-state index is 0.165. The van der Waals surface area contributed by atoms with E-state index in [0.29, 0.717) is 11.1 Å². The lowest BCUT2D eigenvalue weighted by molar-refractivity contribution is -0.141.